The second kappa shape index (κ2) is 5.06. The third kappa shape index (κ3) is 2.30. The smallest absolute Gasteiger partial charge is 0.232 e. The second-order valence-corrected chi connectivity index (χ2v) is 7.49. The first kappa shape index (κ1) is 13.7. The standard InChI is InChI=1S/C16H26N4O/c1-16(5-7-17-8-6-16)15-18-14(19-21-15)11-9-12-3-4-13(10-11)20(12)2/h11-13,17H,3-10H2,1-2H3. The molecule has 3 saturated heterocycles. The van der Waals surface area contributed by atoms with Crippen LogP contribution in [0.3, 0.4) is 0 Å². The quantitative estimate of drug-likeness (QED) is 0.903. The molecule has 3 aliphatic heterocycles. The molecule has 5 heteroatoms. The van der Waals surface area contributed by atoms with Crippen LogP contribution >= 0.6 is 0 Å². The van der Waals surface area contributed by atoms with Gasteiger partial charge in [0.05, 0.1) is 0 Å². The van der Waals surface area contributed by atoms with E-state index in [1.807, 2.05) is 0 Å². The van der Waals surface area contributed by atoms with Crippen molar-refractivity contribution in [1.29, 1.82) is 0 Å². The lowest BCUT2D eigenvalue weighted by Gasteiger charge is -2.35. The Morgan fingerprint density at radius 3 is 2.52 bits per heavy atom. The third-order valence-corrected chi connectivity index (χ3v) is 6.13. The van der Waals surface area contributed by atoms with Crippen LogP contribution in [0.25, 0.3) is 0 Å². The molecule has 21 heavy (non-hydrogen) atoms. The van der Waals surface area contributed by atoms with Crippen molar-refractivity contribution in [3.8, 4) is 0 Å². The van der Waals surface area contributed by atoms with Gasteiger partial charge in [-0.25, -0.2) is 0 Å². The Balaban J connectivity index is 1.52. The SMILES string of the molecule is CN1C2CCC1CC(c1noc(C3(C)CCNCC3)n1)C2. The van der Waals surface area contributed by atoms with Crippen molar-refractivity contribution in [3.63, 3.8) is 0 Å². The molecule has 3 fully saturated rings. The number of aromatic nitrogens is 2. The molecule has 0 saturated carbocycles. The van der Waals surface area contributed by atoms with E-state index in [-0.39, 0.29) is 5.41 Å². The van der Waals surface area contributed by atoms with Crippen LogP contribution in [0.1, 0.15) is 63.1 Å². The Kier molecular flexibility index (Phi) is 3.30. The predicted octanol–water partition coefficient (Wildman–Crippen LogP) is 2.05. The maximum absolute atomic E-state index is 5.68. The van der Waals surface area contributed by atoms with Gasteiger partial charge in [0.1, 0.15) is 0 Å². The zero-order chi connectivity index (χ0) is 14.4. The van der Waals surface area contributed by atoms with Gasteiger partial charge < -0.3 is 14.7 Å². The molecule has 0 aliphatic carbocycles. The summed E-state index contributed by atoms with van der Waals surface area (Å²) in [6.45, 7) is 4.36. The lowest BCUT2D eigenvalue weighted by atomic mass is 9.81. The minimum Gasteiger partial charge on any atom is -0.339 e. The van der Waals surface area contributed by atoms with E-state index in [0.717, 1.165) is 49.7 Å². The molecule has 0 aromatic carbocycles. The number of fused-ring (bicyclic) bond motifs is 2. The van der Waals surface area contributed by atoms with Crippen molar-refractivity contribution in [1.82, 2.24) is 20.4 Å². The van der Waals surface area contributed by atoms with Crippen molar-refractivity contribution in [2.75, 3.05) is 20.1 Å². The molecule has 4 heterocycles. The normalized spacial score (nSPS) is 36.0. The van der Waals surface area contributed by atoms with Gasteiger partial charge in [0.2, 0.25) is 5.89 Å². The summed E-state index contributed by atoms with van der Waals surface area (Å²) in [5, 5.41) is 7.77. The number of nitrogens with zero attached hydrogens (tertiary/aromatic N) is 3. The molecule has 1 aromatic rings. The Bertz CT molecular complexity index is 494. The summed E-state index contributed by atoms with van der Waals surface area (Å²) in [6.07, 6.45) is 7.26. The monoisotopic (exact) mass is 290 g/mol. The predicted molar refractivity (Wildman–Crippen MR) is 80.3 cm³/mol. The number of hydrogen-bond donors (Lipinski definition) is 1. The fourth-order valence-corrected chi connectivity index (χ4v) is 4.46. The Labute approximate surface area is 126 Å². The highest BCUT2D eigenvalue weighted by Crippen LogP contribution is 2.42. The lowest BCUT2D eigenvalue weighted by Crippen LogP contribution is -2.39. The number of piperidine rings is 2. The minimum atomic E-state index is 0.0704. The van der Waals surface area contributed by atoms with E-state index < -0.39 is 0 Å². The van der Waals surface area contributed by atoms with E-state index in [1.54, 1.807) is 0 Å². The van der Waals surface area contributed by atoms with Crippen LogP contribution in [0.5, 0.6) is 0 Å². The summed E-state index contributed by atoms with van der Waals surface area (Å²) in [6, 6.07) is 1.45. The molecular weight excluding hydrogens is 264 g/mol. The Morgan fingerprint density at radius 1 is 1.19 bits per heavy atom. The van der Waals surface area contributed by atoms with Crippen molar-refractivity contribution in [3.05, 3.63) is 11.7 Å². The number of hydrogen-bond acceptors (Lipinski definition) is 5. The Hall–Kier alpha value is -0.940. The van der Waals surface area contributed by atoms with E-state index in [1.165, 1.54) is 25.7 Å². The molecule has 0 spiro atoms. The highest BCUT2D eigenvalue weighted by molar-refractivity contribution is 5.10. The molecule has 116 valence electrons. The largest absolute Gasteiger partial charge is 0.339 e. The van der Waals surface area contributed by atoms with Crippen LogP contribution in [-0.4, -0.2) is 47.3 Å². The average Bonchev–Trinajstić information content (AvgIpc) is 3.03. The van der Waals surface area contributed by atoms with E-state index in [9.17, 15) is 0 Å². The Morgan fingerprint density at radius 2 is 1.86 bits per heavy atom. The first-order valence-corrected chi connectivity index (χ1v) is 8.42. The molecular formula is C16H26N4O. The summed E-state index contributed by atoms with van der Waals surface area (Å²) in [5.41, 5.74) is 0.0704. The molecule has 1 N–H and O–H groups in total. The fraction of sp³-hybridized carbons (Fsp3) is 0.875. The third-order valence-electron chi connectivity index (χ3n) is 6.13. The van der Waals surface area contributed by atoms with Crippen LogP contribution in [-0.2, 0) is 5.41 Å². The van der Waals surface area contributed by atoms with Crippen molar-refractivity contribution < 1.29 is 4.52 Å². The van der Waals surface area contributed by atoms with Crippen LogP contribution < -0.4 is 5.32 Å². The summed E-state index contributed by atoms with van der Waals surface area (Å²) in [5.74, 6) is 2.33. The molecule has 0 radical (unpaired) electrons. The first-order valence-electron chi connectivity index (χ1n) is 8.42. The van der Waals surface area contributed by atoms with Gasteiger partial charge in [0.25, 0.3) is 0 Å². The number of nitrogens with one attached hydrogen (secondary N) is 1. The molecule has 5 nitrogen and oxygen atoms in total. The maximum atomic E-state index is 5.68. The van der Waals surface area contributed by atoms with Crippen LogP contribution in [0.4, 0.5) is 0 Å². The molecule has 3 aliphatic rings. The van der Waals surface area contributed by atoms with Crippen molar-refractivity contribution in [2.45, 2.75) is 68.9 Å². The summed E-state index contributed by atoms with van der Waals surface area (Å²) >= 11 is 0. The van der Waals surface area contributed by atoms with Crippen LogP contribution in [0.15, 0.2) is 4.52 Å². The van der Waals surface area contributed by atoms with Crippen molar-refractivity contribution in [2.24, 2.45) is 0 Å². The summed E-state index contributed by atoms with van der Waals surface area (Å²) in [4.78, 5) is 7.39. The van der Waals surface area contributed by atoms with E-state index in [2.05, 4.69) is 29.3 Å². The number of rotatable bonds is 2. The zero-order valence-electron chi connectivity index (χ0n) is 13.1. The summed E-state index contributed by atoms with van der Waals surface area (Å²) < 4.78 is 5.68. The van der Waals surface area contributed by atoms with Gasteiger partial charge in [0.15, 0.2) is 5.82 Å². The maximum Gasteiger partial charge on any atom is 0.232 e. The molecule has 2 bridgehead atoms. The second-order valence-electron chi connectivity index (χ2n) is 7.49. The van der Waals surface area contributed by atoms with Gasteiger partial charge in [-0.05, 0) is 58.7 Å². The van der Waals surface area contributed by atoms with Gasteiger partial charge in [-0.15, -0.1) is 0 Å². The zero-order valence-corrected chi connectivity index (χ0v) is 13.1. The average molecular weight is 290 g/mol. The molecule has 2 atom stereocenters. The molecule has 1 aromatic heterocycles. The van der Waals surface area contributed by atoms with Gasteiger partial charge in [0, 0.05) is 23.4 Å². The highest BCUT2D eigenvalue weighted by atomic mass is 16.5. The van der Waals surface area contributed by atoms with E-state index in [4.69, 9.17) is 9.51 Å². The van der Waals surface area contributed by atoms with E-state index in [0.29, 0.717) is 5.92 Å². The lowest BCUT2D eigenvalue weighted by molar-refractivity contribution is 0.157. The topological polar surface area (TPSA) is 54.2 Å². The van der Waals surface area contributed by atoms with Crippen LogP contribution in [0.2, 0.25) is 0 Å². The minimum absolute atomic E-state index is 0.0704. The van der Waals surface area contributed by atoms with Gasteiger partial charge in [-0.2, -0.15) is 4.98 Å². The fourth-order valence-electron chi connectivity index (χ4n) is 4.46. The van der Waals surface area contributed by atoms with Gasteiger partial charge in [-0.3, -0.25) is 0 Å². The first-order chi connectivity index (χ1) is 10.2. The highest BCUT2D eigenvalue weighted by Gasteiger charge is 2.41. The van der Waals surface area contributed by atoms with Gasteiger partial charge in [-0.1, -0.05) is 12.1 Å². The van der Waals surface area contributed by atoms with Crippen LogP contribution in [0, 0.1) is 0 Å². The summed E-state index contributed by atoms with van der Waals surface area (Å²) in [7, 11) is 2.27. The van der Waals surface area contributed by atoms with Gasteiger partial charge >= 0.3 is 0 Å². The molecule has 0 amide bonds. The molecule has 2 unspecified atom stereocenters. The van der Waals surface area contributed by atoms with E-state index >= 15 is 0 Å². The molecule has 4 rings (SSSR count). The van der Waals surface area contributed by atoms with Crippen molar-refractivity contribution >= 4 is 0 Å².